The van der Waals surface area contributed by atoms with E-state index in [9.17, 15) is 47.4 Å². The van der Waals surface area contributed by atoms with Crippen LogP contribution in [-0.2, 0) is 65.6 Å². The average molecular weight is 1380 g/mol. The molecule has 0 unspecified atom stereocenters. The van der Waals surface area contributed by atoms with Crippen molar-refractivity contribution in [2.24, 2.45) is 23.7 Å². The van der Waals surface area contributed by atoms with Crippen molar-refractivity contribution in [1.29, 1.82) is 0 Å². The molecule has 0 aromatic heterocycles. The summed E-state index contributed by atoms with van der Waals surface area (Å²) in [6.07, 6.45) is -3.08. The van der Waals surface area contributed by atoms with Gasteiger partial charge in [-0.05, 0) is 93.6 Å². The Morgan fingerprint density at radius 1 is 0.520 bits per heavy atom. The first-order valence-corrected chi connectivity index (χ1v) is 34.4. The zero-order valence-electron chi connectivity index (χ0n) is 60.8. The number of nitrogens with one attached hydrogen (secondary N) is 4. The van der Waals surface area contributed by atoms with E-state index >= 15 is 24.0 Å². The number of halogens is 2. The third-order valence-electron chi connectivity index (χ3n) is 18.9. The first-order valence-electron chi connectivity index (χ1n) is 34.4. The molecule has 13 amide bonds. The van der Waals surface area contributed by atoms with Crippen molar-refractivity contribution in [2.75, 3.05) is 62.4 Å². The molecule has 546 valence electrons. The second-order valence-corrected chi connectivity index (χ2v) is 27.9. The molecule has 0 spiro atoms. The third-order valence-corrected chi connectivity index (χ3v) is 18.9. The quantitative estimate of drug-likeness (QED) is 0.152. The number of hydrogen-bond acceptors (Lipinski definition) is 13. The highest BCUT2D eigenvalue weighted by Gasteiger charge is 2.45. The van der Waals surface area contributed by atoms with Crippen molar-refractivity contribution in [3.8, 4) is 0 Å². The van der Waals surface area contributed by atoms with E-state index in [1.807, 2.05) is 41.5 Å². The number of likely N-dealkylation sites (tertiary alicyclic amines) is 1. The topological polar surface area (TPSA) is 299 Å². The number of nitrogens with zero attached hydrogens (tertiary/aromatic N) is 8. The van der Waals surface area contributed by atoms with Gasteiger partial charge in [0.1, 0.15) is 60.4 Å². The van der Waals surface area contributed by atoms with Gasteiger partial charge in [-0.2, -0.15) is 0 Å². The number of alkyl halides is 2. The van der Waals surface area contributed by atoms with Gasteiger partial charge in [-0.1, -0.05) is 123 Å². The molecule has 25 nitrogen and oxygen atoms in total. The van der Waals surface area contributed by atoms with Gasteiger partial charge in [-0.3, -0.25) is 57.6 Å². The lowest BCUT2D eigenvalue weighted by Gasteiger charge is -2.39. The van der Waals surface area contributed by atoms with Crippen LogP contribution in [0.15, 0.2) is 54.6 Å². The largest absolute Gasteiger partial charge is 0.391 e. The lowest BCUT2D eigenvalue weighted by atomic mass is 9.93. The maximum absolute atomic E-state index is 15.5. The minimum absolute atomic E-state index is 0.0246. The molecule has 2 aromatic carbocycles. The summed E-state index contributed by atoms with van der Waals surface area (Å²) < 4.78 is 27.8. The number of carbonyl (C=O) groups is 12. The van der Waals surface area contributed by atoms with Gasteiger partial charge < -0.3 is 60.7 Å². The number of rotatable bonds is 16. The maximum atomic E-state index is 15.5. The molecule has 0 bridgehead atoms. The van der Waals surface area contributed by atoms with Crippen molar-refractivity contribution < 1.29 is 71.4 Å². The predicted molar refractivity (Wildman–Crippen MR) is 366 cm³/mol. The lowest BCUT2D eigenvalue weighted by Crippen LogP contribution is -2.63. The smallest absolute Gasteiger partial charge is 0.326 e. The Kier molecular flexibility index (Phi) is 31.7. The van der Waals surface area contributed by atoms with E-state index in [0.29, 0.717) is 48.4 Å². The maximum Gasteiger partial charge on any atom is 0.326 e. The third kappa shape index (κ3) is 21.9. The molecule has 2 fully saturated rings. The van der Waals surface area contributed by atoms with Gasteiger partial charge in [0.15, 0.2) is 0 Å². The van der Waals surface area contributed by atoms with Gasteiger partial charge in [-0.25, -0.2) is 13.6 Å². The normalized spacial score (nSPS) is 25.5. The van der Waals surface area contributed by atoms with Crippen molar-refractivity contribution in [1.82, 2.24) is 60.5 Å². The number of hydrogen-bond donors (Lipinski definition) is 5. The molecular formula is C71H110F2N12O13. The van der Waals surface area contributed by atoms with Crippen molar-refractivity contribution in [2.45, 2.75) is 220 Å². The number of imide groups is 1. The summed E-state index contributed by atoms with van der Waals surface area (Å²) in [5, 5.41) is 22.1. The molecule has 98 heavy (non-hydrogen) atoms. The Bertz CT molecular complexity index is 3080. The van der Waals surface area contributed by atoms with Crippen LogP contribution >= 0.6 is 0 Å². The lowest BCUT2D eigenvalue weighted by molar-refractivity contribution is -0.152. The Morgan fingerprint density at radius 2 is 1.01 bits per heavy atom. The van der Waals surface area contributed by atoms with E-state index in [-0.39, 0.29) is 61.8 Å². The van der Waals surface area contributed by atoms with Gasteiger partial charge in [0, 0.05) is 80.8 Å². The number of piperidine rings is 1. The summed E-state index contributed by atoms with van der Waals surface area (Å²) in [5.74, 6) is -10.2. The van der Waals surface area contributed by atoms with Crippen LogP contribution in [0.3, 0.4) is 0 Å². The Hall–Kier alpha value is -8.10. The van der Waals surface area contributed by atoms with E-state index < -0.39 is 156 Å². The summed E-state index contributed by atoms with van der Waals surface area (Å²) in [4.78, 5) is 188. The fraction of sp³-hybridized carbons (Fsp3) is 0.662. The molecule has 4 rings (SSSR count). The van der Waals surface area contributed by atoms with Crippen LogP contribution in [0.4, 0.5) is 13.6 Å². The molecule has 2 heterocycles. The molecule has 0 radical (unpaired) electrons. The summed E-state index contributed by atoms with van der Waals surface area (Å²) >= 11 is 0. The van der Waals surface area contributed by atoms with Crippen molar-refractivity contribution in [3.05, 3.63) is 71.3 Å². The van der Waals surface area contributed by atoms with Crippen LogP contribution in [0.2, 0.25) is 0 Å². The highest BCUT2D eigenvalue weighted by molar-refractivity contribution is 6.02. The van der Waals surface area contributed by atoms with Crippen LogP contribution < -0.4 is 21.3 Å². The first kappa shape index (κ1) is 82.3. The molecule has 0 saturated carbocycles. The van der Waals surface area contributed by atoms with E-state index in [2.05, 4.69) is 21.3 Å². The standard InChI is InChI=1S/C71H110F2N12O13/c1-19-44(9)59-64(91)77-58(46(11)86)70(97)84(18)71(98)82(16)53(20-2)62(89)76-52(67(94)85-33-25-22-26-34-85)40-57(87)78(12)45(10)61(88)74-51(38-48-29-31-49(32-30-48)60(72)73)66(93)80(14)55(36-42(5)6)68(95)79(13)54(39-47-27-23-21-24-28-47)63(90)75-50(35-41(3)4)65(92)81(15)56(37-43(7)8)69(96)83(59)17/h21,23-24,27-32,41-46,50-56,58-60,86H,19-20,22,25-26,33-40H2,1-18H3,(H,74,88)(H,75,90)(H,76,89)(H,77,91)/t44-,45-,46+,50-,51-,52-,53-,54-,55-,56-,58+,59-/m0/s1. The van der Waals surface area contributed by atoms with E-state index in [4.69, 9.17) is 0 Å². The number of benzene rings is 2. The zero-order valence-corrected chi connectivity index (χ0v) is 60.8. The minimum Gasteiger partial charge on any atom is -0.391 e. The SMILES string of the molecule is CC[C@H](C)[C@H]1C(=O)N[C@H]([C@@H](C)O)C(=O)N(C)C(=O)N(C)[C@@H](CC)C(=O)N[C@H](C(=O)N2CCCCC2)CC(=O)N(C)[C@@H](C)C(=O)N[C@@H](Cc2ccc(C(F)F)cc2)C(=O)N(C)[C@@H](CC(C)C)C(=O)N(C)[C@@H](Cc2ccccc2)C(=O)N[C@@H](CC(C)C)C(=O)N(C)[C@@H](CC(C)C)C(=O)N1C. The molecule has 5 N–H and O–H groups in total. The van der Waals surface area contributed by atoms with Gasteiger partial charge in [-0.15, -0.1) is 0 Å². The van der Waals surface area contributed by atoms with Crippen LogP contribution in [-0.4, -0.2) is 244 Å². The van der Waals surface area contributed by atoms with Crippen LogP contribution in [0.1, 0.15) is 157 Å². The fourth-order valence-corrected chi connectivity index (χ4v) is 12.5. The van der Waals surface area contributed by atoms with E-state index in [0.717, 1.165) is 28.2 Å². The number of urea groups is 1. The number of aliphatic hydroxyl groups is 1. The molecule has 0 aliphatic carbocycles. The van der Waals surface area contributed by atoms with Crippen LogP contribution in [0.25, 0.3) is 0 Å². The second-order valence-electron chi connectivity index (χ2n) is 27.9. The highest BCUT2D eigenvalue weighted by atomic mass is 19.3. The number of aliphatic hydroxyl groups excluding tert-OH is 1. The van der Waals surface area contributed by atoms with Gasteiger partial charge in [0.05, 0.1) is 12.5 Å². The zero-order chi connectivity index (χ0) is 73.9. The van der Waals surface area contributed by atoms with Crippen molar-refractivity contribution >= 4 is 71.0 Å². The molecular weight excluding hydrogens is 1270 g/mol. The Morgan fingerprint density at radius 3 is 1.51 bits per heavy atom. The first-order chi connectivity index (χ1) is 45.9. The fourth-order valence-electron chi connectivity index (χ4n) is 12.5. The predicted octanol–water partition coefficient (Wildman–Crippen LogP) is 4.77. The molecule has 2 aliphatic rings. The number of amides is 13. The van der Waals surface area contributed by atoms with E-state index in [1.54, 1.807) is 51.1 Å². The van der Waals surface area contributed by atoms with Gasteiger partial charge in [0.25, 0.3) is 12.3 Å². The molecule has 2 aliphatic heterocycles. The molecule has 2 saturated heterocycles. The Labute approximate surface area is 577 Å². The Balaban J connectivity index is 1.99. The van der Waals surface area contributed by atoms with E-state index in [1.165, 1.54) is 100.0 Å². The summed E-state index contributed by atoms with van der Waals surface area (Å²) in [7, 11) is 9.18. The number of carbonyl (C=O) groups excluding carboxylic acids is 12. The minimum atomic E-state index is -2.82. The van der Waals surface area contributed by atoms with Crippen LogP contribution in [0.5, 0.6) is 0 Å². The summed E-state index contributed by atoms with van der Waals surface area (Å²) in [6, 6.07) is -1.43. The monoisotopic (exact) mass is 1380 g/mol. The second kappa shape index (κ2) is 37.7. The van der Waals surface area contributed by atoms with Gasteiger partial charge in [0.2, 0.25) is 59.1 Å². The number of likely N-dealkylation sites (N-methyl/N-ethyl adjacent to an activating group) is 7. The summed E-state index contributed by atoms with van der Waals surface area (Å²) in [6.45, 7) is 19.2. The average Bonchev–Trinajstić information content (AvgIpc) is 0.817. The van der Waals surface area contributed by atoms with Crippen LogP contribution in [0, 0.1) is 23.7 Å². The van der Waals surface area contributed by atoms with Gasteiger partial charge >= 0.3 is 6.03 Å². The highest BCUT2D eigenvalue weighted by Crippen LogP contribution is 2.26. The molecule has 12 atom stereocenters. The molecule has 27 heteroatoms. The molecule has 2 aromatic rings. The van der Waals surface area contributed by atoms with Crippen molar-refractivity contribution in [3.63, 3.8) is 0 Å². The summed E-state index contributed by atoms with van der Waals surface area (Å²) in [5.41, 5.74) is 0.652.